The Morgan fingerprint density at radius 1 is 1.17 bits per heavy atom. The molecule has 4 rings (SSSR count). The molecule has 0 spiro atoms. The molecule has 0 radical (unpaired) electrons. The van der Waals surface area contributed by atoms with Crippen LogP contribution >= 0.6 is 0 Å². The van der Waals surface area contributed by atoms with Crippen molar-refractivity contribution in [2.45, 2.75) is 17.6 Å². The van der Waals surface area contributed by atoms with Crippen LogP contribution < -0.4 is 4.90 Å². The van der Waals surface area contributed by atoms with Crippen molar-refractivity contribution >= 4 is 15.7 Å². The van der Waals surface area contributed by atoms with Crippen LogP contribution in [0.25, 0.3) is 0 Å². The quantitative estimate of drug-likeness (QED) is 0.659. The van der Waals surface area contributed by atoms with Crippen molar-refractivity contribution in [3.05, 3.63) is 77.0 Å². The fourth-order valence-corrected chi connectivity index (χ4v) is 4.77. The summed E-state index contributed by atoms with van der Waals surface area (Å²) in [6, 6.07) is 13.4. The number of quaternary nitrogens is 1. The summed E-state index contributed by atoms with van der Waals surface area (Å²) in [7, 11) is -3.94. The third-order valence-electron chi connectivity index (χ3n) is 5.26. The first kappa shape index (κ1) is 19.9. The molecule has 29 heavy (non-hydrogen) atoms. The Balaban J connectivity index is 1.88. The number of rotatable bonds is 4. The Labute approximate surface area is 169 Å². The van der Waals surface area contributed by atoms with Crippen LogP contribution in [0.2, 0.25) is 0 Å². The highest BCUT2D eigenvalue weighted by Gasteiger charge is 2.49. The molecule has 2 aromatic carbocycles. The van der Waals surface area contributed by atoms with Crippen LogP contribution in [0, 0.1) is 6.92 Å². The molecule has 1 fully saturated rings. The molecule has 1 aliphatic heterocycles. The summed E-state index contributed by atoms with van der Waals surface area (Å²) in [6.45, 7) is 3.04. The number of allylic oxidation sites excluding steroid dienone is 1. The van der Waals surface area contributed by atoms with Gasteiger partial charge in [0.15, 0.2) is 5.70 Å². The van der Waals surface area contributed by atoms with Crippen molar-refractivity contribution in [2.24, 2.45) is 4.40 Å². The van der Waals surface area contributed by atoms with Crippen LogP contribution in [0.3, 0.4) is 0 Å². The molecule has 0 saturated carbocycles. The molecule has 1 heterocycles. The van der Waals surface area contributed by atoms with Gasteiger partial charge in [-0.3, -0.25) is 4.90 Å². The molecule has 3 N–H and O–H groups in total. The van der Waals surface area contributed by atoms with Gasteiger partial charge < -0.3 is 14.9 Å². The molecule has 1 saturated heterocycles. The zero-order chi connectivity index (χ0) is 20.6. The van der Waals surface area contributed by atoms with Gasteiger partial charge in [0, 0.05) is 17.2 Å². The van der Waals surface area contributed by atoms with E-state index < -0.39 is 15.8 Å². The fraction of sp³-hybridized carbons (Fsp3) is 0.286. The van der Waals surface area contributed by atoms with Gasteiger partial charge in [0.05, 0.1) is 17.2 Å². The molecule has 2 aromatic rings. The number of sulfonamides is 1. The van der Waals surface area contributed by atoms with E-state index in [1.54, 1.807) is 42.5 Å². The average Bonchev–Trinajstić information content (AvgIpc) is 2.70. The minimum atomic E-state index is -3.94. The molecule has 0 aromatic heterocycles. The van der Waals surface area contributed by atoms with Gasteiger partial charge in [0.2, 0.25) is 0 Å². The van der Waals surface area contributed by atoms with Gasteiger partial charge >= 0.3 is 0 Å². The molecular weight excluding hydrogens is 392 g/mol. The molecule has 7 nitrogen and oxygen atoms in total. The number of aryl methyl sites for hydroxylation is 1. The largest absolute Gasteiger partial charge is 0.391 e. The normalized spacial score (nSPS) is 25.3. The second kappa shape index (κ2) is 7.47. The summed E-state index contributed by atoms with van der Waals surface area (Å²) >= 11 is 0. The molecule has 0 amide bonds. The molecule has 0 bridgehead atoms. The number of aliphatic hydroxyl groups is 2. The number of benzene rings is 2. The highest BCUT2D eigenvalue weighted by Crippen LogP contribution is 2.36. The van der Waals surface area contributed by atoms with Gasteiger partial charge in [0.25, 0.3) is 15.8 Å². The number of nitrogens with zero attached hydrogens (tertiary/aromatic N) is 1. The van der Waals surface area contributed by atoms with Crippen molar-refractivity contribution in [1.82, 2.24) is 0 Å². The van der Waals surface area contributed by atoms with Crippen LogP contribution in [0.1, 0.15) is 16.7 Å². The van der Waals surface area contributed by atoms with Crippen LogP contribution in [0.15, 0.2) is 69.6 Å². The first-order chi connectivity index (χ1) is 13.8. The van der Waals surface area contributed by atoms with Gasteiger partial charge in [-0.05, 0) is 19.1 Å². The highest BCUT2D eigenvalue weighted by atomic mass is 32.2. The average molecular weight is 415 g/mol. The van der Waals surface area contributed by atoms with E-state index in [0.29, 0.717) is 36.5 Å². The lowest BCUT2D eigenvalue weighted by Crippen LogP contribution is -3.14. The van der Waals surface area contributed by atoms with Gasteiger partial charge in [-0.2, -0.15) is 12.8 Å². The standard InChI is InChI=1S/C21H22N2O5S/c1-15-6-8-16(9-7-15)29(26,27)22-19-14-20-21(25,18-5-3-2-4-17(18)19)28-13-11-23(20)10-12-24/h2-9,14,24-25H,10-13H2,1H3/p+1/t21-/m0/s1. The van der Waals surface area contributed by atoms with Gasteiger partial charge in [-0.1, -0.05) is 42.0 Å². The number of hydrogen-bond acceptors (Lipinski definition) is 5. The summed E-state index contributed by atoms with van der Waals surface area (Å²) in [5.74, 6) is -1.67. The number of fused-ring (bicyclic) bond motifs is 3. The van der Waals surface area contributed by atoms with Crippen molar-refractivity contribution in [1.29, 1.82) is 0 Å². The SMILES string of the molecule is Cc1ccc(S(=O)(=O)N=C2C=C3[NH+](CCO)CCO[C@@]3(O)c3ccccc32)cc1. The maximum atomic E-state index is 12.9. The maximum Gasteiger partial charge on any atom is 0.282 e. The number of morpholine rings is 1. The predicted octanol–water partition coefficient (Wildman–Crippen LogP) is 0.123. The summed E-state index contributed by atoms with van der Waals surface area (Å²) < 4.78 is 35.6. The highest BCUT2D eigenvalue weighted by molar-refractivity contribution is 7.90. The van der Waals surface area contributed by atoms with E-state index in [-0.39, 0.29) is 17.2 Å². The van der Waals surface area contributed by atoms with E-state index in [1.807, 2.05) is 6.92 Å². The first-order valence-electron chi connectivity index (χ1n) is 9.41. The Bertz CT molecular complexity index is 1090. The summed E-state index contributed by atoms with van der Waals surface area (Å²) in [6.07, 6.45) is 1.57. The third-order valence-corrected chi connectivity index (χ3v) is 6.57. The third kappa shape index (κ3) is 3.54. The molecule has 8 heteroatoms. The Kier molecular flexibility index (Phi) is 5.14. The van der Waals surface area contributed by atoms with E-state index in [0.717, 1.165) is 10.5 Å². The monoisotopic (exact) mass is 415 g/mol. The second-order valence-corrected chi connectivity index (χ2v) is 8.79. The molecule has 1 aliphatic carbocycles. The van der Waals surface area contributed by atoms with Crippen LogP contribution in [-0.2, 0) is 20.5 Å². The van der Waals surface area contributed by atoms with E-state index in [4.69, 9.17) is 4.74 Å². The predicted molar refractivity (Wildman–Crippen MR) is 107 cm³/mol. The van der Waals surface area contributed by atoms with Crippen LogP contribution in [-0.4, -0.2) is 50.6 Å². The summed E-state index contributed by atoms with van der Waals surface area (Å²) in [5, 5.41) is 20.7. The molecule has 2 aliphatic rings. The maximum absolute atomic E-state index is 12.9. The van der Waals surface area contributed by atoms with Crippen LogP contribution in [0.5, 0.6) is 0 Å². The van der Waals surface area contributed by atoms with Crippen LogP contribution in [0.4, 0.5) is 0 Å². The Morgan fingerprint density at radius 3 is 2.62 bits per heavy atom. The molecular formula is C21H23N2O5S+. The lowest BCUT2D eigenvalue weighted by molar-refractivity contribution is -0.882. The lowest BCUT2D eigenvalue weighted by Gasteiger charge is -2.41. The van der Waals surface area contributed by atoms with Gasteiger partial charge in [0.1, 0.15) is 19.7 Å². The lowest BCUT2D eigenvalue weighted by atomic mass is 9.86. The molecule has 2 atom stereocenters. The zero-order valence-electron chi connectivity index (χ0n) is 16.0. The smallest absolute Gasteiger partial charge is 0.282 e. The second-order valence-electron chi connectivity index (χ2n) is 7.19. The van der Waals surface area contributed by atoms with Crippen molar-refractivity contribution in [3.8, 4) is 0 Å². The van der Waals surface area contributed by atoms with Crippen molar-refractivity contribution < 1.29 is 28.3 Å². The number of ether oxygens (including phenoxy) is 1. The first-order valence-corrected chi connectivity index (χ1v) is 10.8. The number of hydrogen-bond donors (Lipinski definition) is 3. The topological polar surface area (TPSA) is 101 Å². The Morgan fingerprint density at radius 2 is 1.90 bits per heavy atom. The fourth-order valence-electron chi connectivity index (χ4n) is 3.78. The van der Waals surface area contributed by atoms with Gasteiger partial charge in [-0.15, -0.1) is 0 Å². The summed E-state index contributed by atoms with van der Waals surface area (Å²) in [5.41, 5.74) is 2.59. The van der Waals surface area contributed by atoms with Crippen molar-refractivity contribution in [2.75, 3.05) is 26.3 Å². The van der Waals surface area contributed by atoms with Gasteiger partial charge in [-0.25, -0.2) is 0 Å². The van der Waals surface area contributed by atoms with E-state index in [1.165, 1.54) is 12.1 Å². The summed E-state index contributed by atoms with van der Waals surface area (Å²) in [4.78, 5) is 0.933. The molecule has 1 unspecified atom stereocenters. The Hall–Kier alpha value is -2.36. The molecule has 152 valence electrons. The number of aliphatic hydroxyl groups excluding tert-OH is 1. The van der Waals surface area contributed by atoms with E-state index in [2.05, 4.69) is 4.40 Å². The van der Waals surface area contributed by atoms with Crippen molar-refractivity contribution in [3.63, 3.8) is 0 Å². The van der Waals surface area contributed by atoms with E-state index in [9.17, 15) is 18.6 Å². The minimum absolute atomic E-state index is 0.0709. The number of nitrogens with one attached hydrogen (secondary N) is 1. The minimum Gasteiger partial charge on any atom is -0.391 e. The van der Waals surface area contributed by atoms with E-state index >= 15 is 0 Å². The zero-order valence-corrected chi connectivity index (χ0v) is 16.8.